The fourth-order valence-corrected chi connectivity index (χ4v) is 2.27. The molecule has 1 saturated heterocycles. The van der Waals surface area contributed by atoms with E-state index in [4.69, 9.17) is 11.5 Å². The Morgan fingerprint density at radius 3 is 2.62 bits per heavy atom. The van der Waals surface area contributed by atoms with Crippen LogP contribution in [0.5, 0.6) is 0 Å². The first-order valence-corrected chi connectivity index (χ1v) is 5.70. The number of primary amides is 1. The molecule has 0 aliphatic carbocycles. The average Bonchev–Trinajstić information content (AvgIpc) is 2.15. The number of nitrogens with zero attached hydrogens (tertiary/aromatic N) is 1. The third-order valence-electron chi connectivity index (χ3n) is 2.23. The Kier molecular flexibility index (Phi) is 4.55. The third kappa shape index (κ3) is 3.97. The predicted octanol–water partition coefficient (Wildman–Crippen LogP) is -0.762. The molecule has 76 valence electrons. The quantitative estimate of drug-likeness (QED) is 0.630. The fraction of sp³-hybridized carbons (Fsp3) is 0.875. The molecule has 0 spiro atoms. The lowest BCUT2D eigenvalue weighted by Gasteiger charge is -2.26. The maximum absolute atomic E-state index is 10.6. The number of carbonyl (C=O) groups excluding carboxylic acids is 1. The molecule has 0 radical (unpaired) electrons. The first-order chi connectivity index (χ1) is 6.20. The van der Waals surface area contributed by atoms with Gasteiger partial charge < -0.3 is 16.4 Å². The molecular weight excluding hydrogens is 186 g/mol. The zero-order valence-corrected chi connectivity index (χ0v) is 8.55. The first-order valence-electron chi connectivity index (χ1n) is 4.55. The molecule has 0 bridgehead atoms. The SMILES string of the molecule is NC(=O)C(N)CCN1CCSCC1. The van der Waals surface area contributed by atoms with Crippen molar-refractivity contribution in [2.45, 2.75) is 12.5 Å². The molecule has 0 saturated carbocycles. The molecule has 5 heteroatoms. The highest BCUT2D eigenvalue weighted by molar-refractivity contribution is 7.99. The van der Waals surface area contributed by atoms with E-state index in [1.54, 1.807) is 0 Å². The summed E-state index contributed by atoms with van der Waals surface area (Å²) < 4.78 is 0. The molecule has 4 nitrogen and oxygen atoms in total. The molecule has 13 heavy (non-hydrogen) atoms. The topological polar surface area (TPSA) is 72.3 Å². The number of hydrogen-bond acceptors (Lipinski definition) is 4. The largest absolute Gasteiger partial charge is 0.368 e. The molecule has 1 atom stereocenters. The minimum Gasteiger partial charge on any atom is -0.368 e. The van der Waals surface area contributed by atoms with Crippen LogP contribution in [-0.2, 0) is 4.79 Å². The van der Waals surface area contributed by atoms with Crippen molar-refractivity contribution in [1.82, 2.24) is 4.90 Å². The summed E-state index contributed by atoms with van der Waals surface area (Å²) in [6, 6.07) is -0.477. The molecule has 0 aromatic heterocycles. The number of carbonyl (C=O) groups is 1. The minimum absolute atomic E-state index is 0.397. The average molecular weight is 203 g/mol. The number of thioether (sulfide) groups is 1. The summed E-state index contributed by atoms with van der Waals surface area (Å²) in [6.45, 7) is 3.11. The molecule has 1 fully saturated rings. The van der Waals surface area contributed by atoms with Gasteiger partial charge in [0.1, 0.15) is 0 Å². The molecule has 1 aliphatic rings. The van der Waals surface area contributed by atoms with Gasteiger partial charge in [-0.05, 0) is 6.42 Å². The second kappa shape index (κ2) is 5.47. The summed E-state index contributed by atoms with van der Waals surface area (Å²) in [6.07, 6.45) is 0.681. The van der Waals surface area contributed by atoms with Gasteiger partial charge in [0.25, 0.3) is 0 Å². The Bertz CT molecular complexity index is 171. The van der Waals surface area contributed by atoms with Gasteiger partial charge in [-0.15, -0.1) is 0 Å². The van der Waals surface area contributed by atoms with Gasteiger partial charge >= 0.3 is 0 Å². The fourth-order valence-electron chi connectivity index (χ4n) is 1.29. The van der Waals surface area contributed by atoms with Gasteiger partial charge in [0.2, 0.25) is 5.91 Å². The zero-order valence-electron chi connectivity index (χ0n) is 7.74. The van der Waals surface area contributed by atoms with Crippen LogP contribution < -0.4 is 11.5 Å². The van der Waals surface area contributed by atoms with Gasteiger partial charge in [-0.2, -0.15) is 11.8 Å². The van der Waals surface area contributed by atoms with Gasteiger partial charge in [-0.25, -0.2) is 0 Å². The van der Waals surface area contributed by atoms with Crippen LogP contribution in [0, 0.1) is 0 Å². The Balaban J connectivity index is 2.13. The van der Waals surface area contributed by atoms with Crippen molar-refractivity contribution in [2.75, 3.05) is 31.1 Å². The van der Waals surface area contributed by atoms with Crippen LogP contribution in [0.3, 0.4) is 0 Å². The number of rotatable bonds is 4. The second-order valence-corrected chi connectivity index (χ2v) is 4.48. The lowest BCUT2D eigenvalue weighted by atomic mass is 10.2. The van der Waals surface area contributed by atoms with Crippen LogP contribution in [0.25, 0.3) is 0 Å². The van der Waals surface area contributed by atoms with E-state index in [-0.39, 0.29) is 0 Å². The second-order valence-electron chi connectivity index (χ2n) is 3.25. The molecule has 1 amide bonds. The van der Waals surface area contributed by atoms with Gasteiger partial charge in [0.15, 0.2) is 0 Å². The molecule has 0 aromatic carbocycles. The van der Waals surface area contributed by atoms with Crippen molar-refractivity contribution < 1.29 is 4.79 Å². The summed E-state index contributed by atoms with van der Waals surface area (Å²) in [7, 11) is 0. The van der Waals surface area contributed by atoms with E-state index in [1.807, 2.05) is 11.8 Å². The first kappa shape index (κ1) is 10.8. The summed E-state index contributed by atoms with van der Waals surface area (Å²) >= 11 is 1.97. The summed E-state index contributed by atoms with van der Waals surface area (Å²) in [5.41, 5.74) is 10.6. The number of hydrogen-bond donors (Lipinski definition) is 2. The van der Waals surface area contributed by atoms with E-state index in [9.17, 15) is 4.79 Å². The van der Waals surface area contributed by atoms with Crippen molar-refractivity contribution in [3.05, 3.63) is 0 Å². The molecule has 1 heterocycles. The van der Waals surface area contributed by atoms with E-state index in [1.165, 1.54) is 11.5 Å². The lowest BCUT2D eigenvalue weighted by Crippen LogP contribution is -2.41. The summed E-state index contributed by atoms with van der Waals surface area (Å²) in [4.78, 5) is 13.0. The lowest BCUT2D eigenvalue weighted by molar-refractivity contribution is -0.119. The maximum atomic E-state index is 10.6. The minimum atomic E-state index is -0.477. The van der Waals surface area contributed by atoms with Crippen LogP contribution in [0.15, 0.2) is 0 Å². The molecule has 1 aliphatic heterocycles. The van der Waals surface area contributed by atoms with Crippen LogP contribution >= 0.6 is 11.8 Å². The highest BCUT2D eigenvalue weighted by Gasteiger charge is 2.14. The Morgan fingerprint density at radius 2 is 2.08 bits per heavy atom. The third-order valence-corrected chi connectivity index (χ3v) is 3.17. The highest BCUT2D eigenvalue weighted by atomic mass is 32.2. The van der Waals surface area contributed by atoms with Crippen molar-refractivity contribution in [3.63, 3.8) is 0 Å². The summed E-state index contributed by atoms with van der Waals surface area (Å²) in [5.74, 6) is 1.98. The highest BCUT2D eigenvalue weighted by Crippen LogP contribution is 2.09. The molecule has 1 rings (SSSR count). The van der Waals surface area contributed by atoms with E-state index < -0.39 is 11.9 Å². The van der Waals surface area contributed by atoms with Crippen molar-refractivity contribution in [1.29, 1.82) is 0 Å². The van der Waals surface area contributed by atoms with Crippen molar-refractivity contribution >= 4 is 17.7 Å². The standard InChI is InChI=1S/C8H17N3OS/c9-7(8(10)12)1-2-11-3-5-13-6-4-11/h7H,1-6,9H2,(H2,10,12). The van der Waals surface area contributed by atoms with Crippen LogP contribution in [-0.4, -0.2) is 48.0 Å². The Hall–Kier alpha value is -0.260. The van der Waals surface area contributed by atoms with Crippen LogP contribution in [0.2, 0.25) is 0 Å². The summed E-state index contributed by atoms with van der Waals surface area (Å²) in [5, 5.41) is 0. The zero-order chi connectivity index (χ0) is 9.68. The Labute approximate surface area is 83.0 Å². The monoisotopic (exact) mass is 203 g/mol. The predicted molar refractivity (Wildman–Crippen MR) is 55.6 cm³/mol. The maximum Gasteiger partial charge on any atom is 0.234 e. The molecule has 4 N–H and O–H groups in total. The van der Waals surface area contributed by atoms with Gasteiger partial charge in [0, 0.05) is 31.1 Å². The van der Waals surface area contributed by atoms with Crippen LogP contribution in [0.1, 0.15) is 6.42 Å². The normalized spacial score (nSPS) is 21.3. The van der Waals surface area contributed by atoms with E-state index in [0.717, 1.165) is 19.6 Å². The smallest absolute Gasteiger partial charge is 0.234 e. The molecule has 0 aromatic rings. The van der Waals surface area contributed by atoms with Crippen molar-refractivity contribution in [3.8, 4) is 0 Å². The molecular formula is C8H17N3OS. The number of nitrogens with two attached hydrogens (primary N) is 2. The van der Waals surface area contributed by atoms with Gasteiger partial charge in [-0.3, -0.25) is 4.79 Å². The molecule has 1 unspecified atom stereocenters. The van der Waals surface area contributed by atoms with E-state index in [0.29, 0.717) is 6.42 Å². The Morgan fingerprint density at radius 1 is 1.46 bits per heavy atom. The van der Waals surface area contributed by atoms with E-state index in [2.05, 4.69) is 4.90 Å². The number of amides is 1. The van der Waals surface area contributed by atoms with Crippen molar-refractivity contribution in [2.24, 2.45) is 11.5 Å². The van der Waals surface area contributed by atoms with Gasteiger partial charge in [-0.1, -0.05) is 0 Å². The van der Waals surface area contributed by atoms with Crippen LogP contribution in [0.4, 0.5) is 0 Å². The van der Waals surface area contributed by atoms with Gasteiger partial charge in [0.05, 0.1) is 6.04 Å². The van der Waals surface area contributed by atoms with E-state index >= 15 is 0 Å².